The molecule has 5 nitrogen and oxygen atoms in total. The van der Waals surface area contributed by atoms with Gasteiger partial charge in [-0.1, -0.05) is 24.3 Å². The summed E-state index contributed by atoms with van der Waals surface area (Å²) >= 11 is 0. The summed E-state index contributed by atoms with van der Waals surface area (Å²) in [5.41, 5.74) is -1.31. The molecule has 0 aliphatic rings. The van der Waals surface area contributed by atoms with Crippen molar-refractivity contribution in [2.24, 2.45) is 0 Å². The molecule has 0 radical (unpaired) electrons. The molecule has 2 rings (SSSR count). The third-order valence-corrected chi connectivity index (χ3v) is 3.74. The van der Waals surface area contributed by atoms with Crippen molar-refractivity contribution in [3.8, 4) is 23.0 Å². The van der Waals surface area contributed by atoms with Crippen LogP contribution < -0.4 is 14.2 Å². The predicted octanol–water partition coefficient (Wildman–Crippen LogP) is 4.33. The number of hydrogen-bond acceptors (Lipinski definition) is 5. The Morgan fingerprint density at radius 3 is 2.22 bits per heavy atom. The van der Waals surface area contributed by atoms with Gasteiger partial charge in [-0.25, -0.2) is 0 Å². The summed E-state index contributed by atoms with van der Waals surface area (Å²) in [4.78, 5) is 12.5. The molecule has 0 saturated carbocycles. The molecule has 2 aromatic rings. The number of aromatic hydroxyl groups is 1. The van der Waals surface area contributed by atoms with Gasteiger partial charge in [0.05, 0.1) is 26.9 Å². The summed E-state index contributed by atoms with van der Waals surface area (Å²) in [5, 5.41) is 10.2. The first kappa shape index (κ1) is 20.2. The third kappa shape index (κ3) is 4.16. The van der Waals surface area contributed by atoms with Crippen LogP contribution in [-0.2, 0) is 6.18 Å². The van der Waals surface area contributed by atoms with Gasteiger partial charge in [-0.3, -0.25) is 4.79 Å². The Hall–Kier alpha value is -3.16. The summed E-state index contributed by atoms with van der Waals surface area (Å²) < 4.78 is 54.5. The molecule has 0 spiro atoms. The summed E-state index contributed by atoms with van der Waals surface area (Å²) in [7, 11) is 3.92. The topological polar surface area (TPSA) is 65.0 Å². The number of methoxy groups -OCH3 is 3. The zero-order chi connectivity index (χ0) is 20.2. The molecule has 0 fully saturated rings. The summed E-state index contributed by atoms with van der Waals surface area (Å²) in [6.07, 6.45) is -2.61. The van der Waals surface area contributed by atoms with Crippen molar-refractivity contribution < 1.29 is 37.3 Å². The van der Waals surface area contributed by atoms with Gasteiger partial charge < -0.3 is 19.3 Å². The SMILES string of the molecule is COc1cc(O)c(C(=O)/C=C/c2ccccc2C(F)(F)F)c(OC)c1OC. The highest BCUT2D eigenvalue weighted by atomic mass is 19.4. The van der Waals surface area contributed by atoms with Crippen LogP contribution in [0.2, 0.25) is 0 Å². The van der Waals surface area contributed by atoms with E-state index in [0.29, 0.717) is 0 Å². The quantitative estimate of drug-likeness (QED) is 0.595. The van der Waals surface area contributed by atoms with E-state index in [4.69, 9.17) is 14.2 Å². The predicted molar refractivity (Wildman–Crippen MR) is 92.6 cm³/mol. The van der Waals surface area contributed by atoms with Gasteiger partial charge in [0.2, 0.25) is 5.75 Å². The second-order valence-corrected chi connectivity index (χ2v) is 5.32. The molecule has 0 amide bonds. The van der Waals surface area contributed by atoms with Crippen molar-refractivity contribution in [3.05, 3.63) is 53.1 Å². The van der Waals surface area contributed by atoms with Crippen molar-refractivity contribution in [1.29, 1.82) is 0 Å². The lowest BCUT2D eigenvalue weighted by Gasteiger charge is -2.16. The summed E-state index contributed by atoms with van der Waals surface area (Å²) in [5.74, 6) is -1.10. The van der Waals surface area contributed by atoms with E-state index in [1.165, 1.54) is 39.5 Å². The number of phenols is 1. The van der Waals surface area contributed by atoms with E-state index in [0.717, 1.165) is 24.3 Å². The molecule has 27 heavy (non-hydrogen) atoms. The number of phenolic OH excluding ortho intramolecular Hbond substituents is 1. The van der Waals surface area contributed by atoms with Crippen LogP contribution in [0.1, 0.15) is 21.5 Å². The molecule has 144 valence electrons. The lowest BCUT2D eigenvalue weighted by atomic mass is 10.0. The molecule has 8 heteroatoms. The molecule has 1 N–H and O–H groups in total. The highest BCUT2D eigenvalue weighted by molar-refractivity contribution is 6.11. The van der Waals surface area contributed by atoms with Gasteiger partial charge in [0, 0.05) is 6.07 Å². The first-order chi connectivity index (χ1) is 12.7. The van der Waals surface area contributed by atoms with Crippen LogP contribution >= 0.6 is 0 Å². The molecule has 0 heterocycles. The molecule has 0 aliphatic heterocycles. The van der Waals surface area contributed by atoms with Crippen LogP contribution in [0, 0.1) is 0 Å². The molecule has 2 aromatic carbocycles. The highest BCUT2D eigenvalue weighted by Gasteiger charge is 2.32. The van der Waals surface area contributed by atoms with E-state index >= 15 is 0 Å². The van der Waals surface area contributed by atoms with Crippen LogP contribution in [0.3, 0.4) is 0 Å². The summed E-state index contributed by atoms with van der Waals surface area (Å²) in [6.45, 7) is 0. The Labute approximate surface area is 153 Å². The average molecular weight is 382 g/mol. The van der Waals surface area contributed by atoms with Gasteiger partial charge in [0.1, 0.15) is 11.3 Å². The van der Waals surface area contributed by atoms with E-state index in [2.05, 4.69) is 0 Å². The monoisotopic (exact) mass is 382 g/mol. The molecule has 0 bridgehead atoms. The number of benzene rings is 2. The minimum atomic E-state index is -4.56. The molecule has 0 unspecified atom stereocenters. The fraction of sp³-hybridized carbons (Fsp3) is 0.211. The molecule has 0 atom stereocenters. The minimum absolute atomic E-state index is 0.0743. The van der Waals surface area contributed by atoms with E-state index in [1.807, 2.05) is 0 Å². The summed E-state index contributed by atoms with van der Waals surface area (Å²) in [6, 6.07) is 5.99. The number of carbonyl (C=O) groups excluding carboxylic acids is 1. The minimum Gasteiger partial charge on any atom is -0.507 e. The van der Waals surface area contributed by atoms with Gasteiger partial charge in [-0.2, -0.15) is 13.2 Å². The second-order valence-electron chi connectivity index (χ2n) is 5.32. The number of ether oxygens (including phenoxy) is 3. The fourth-order valence-electron chi connectivity index (χ4n) is 2.53. The Bertz CT molecular complexity index is 872. The zero-order valence-electron chi connectivity index (χ0n) is 14.8. The fourth-order valence-corrected chi connectivity index (χ4v) is 2.53. The van der Waals surface area contributed by atoms with Crippen molar-refractivity contribution in [1.82, 2.24) is 0 Å². The Morgan fingerprint density at radius 2 is 1.67 bits per heavy atom. The number of alkyl halides is 3. The van der Waals surface area contributed by atoms with E-state index in [-0.39, 0.29) is 28.4 Å². The van der Waals surface area contributed by atoms with E-state index in [1.54, 1.807) is 0 Å². The number of rotatable bonds is 6. The van der Waals surface area contributed by atoms with Gasteiger partial charge in [-0.05, 0) is 17.7 Å². The zero-order valence-corrected chi connectivity index (χ0v) is 14.8. The first-order valence-electron chi connectivity index (χ1n) is 7.65. The normalized spacial score (nSPS) is 11.5. The maximum absolute atomic E-state index is 13.1. The third-order valence-electron chi connectivity index (χ3n) is 3.74. The van der Waals surface area contributed by atoms with Gasteiger partial charge in [0.15, 0.2) is 17.3 Å². The Morgan fingerprint density at radius 1 is 1.04 bits per heavy atom. The Kier molecular flexibility index (Phi) is 5.99. The van der Waals surface area contributed by atoms with Crippen molar-refractivity contribution in [3.63, 3.8) is 0 Å². The van der Waals surface area contributed by atoms with Crippen molar-refractivity contribution in [2.75, 3.05) is 21.3 Å². The van der Waals surface area contributed by atoms with Crippen molar-refractivity contribution >= 4 is 11.9 Å². The first-order valence-corrected chi connectivity index (χ1v) is 7.65. The van der Waals surface area contributed by atoms with Crippen LogP contribution in [-0.4, -0.2) is 32.2 Å². The van der Waals surface area contributed by atoms with Gasteiger partial charge in [0.25, 0.3) is 0 Å². The van der Waals surface area contributed by atoms with Gasteiger partial charge in [-0.15, -0.1) is 0 Å². The van der Waals surface area contributed by atoms with Crippen LogP contribution in [0.4, 0.5) is 13.2 Å². The molecular formula is C19H17F3O5. The lowest BCUT2D eigenvalue weighted by Crippen LogP contribution is -2.07. The number of halogens is 3. The maximum atomic E-state index is 13.1. The van der Waals surface area contributed by atoms with E-state index < -0.39 is 23.3 Å². The lowest BCUT2D eigenvalue weighted by molar-refractivity contribution is -0.137. The smallest absolute Gasteiger partial charge is 0.416 e. The number of ketones is 1. The average Bonchev–Trinajstić information content (AvgIpc) is 2.64. The molecule has 0 aromatic heterocycles. The number of hydrogen-bond donors (Lipinski definition) is 1. The largest absolute Gasteiger partial charge is 0.507 e. The van der Waals surface area contributed by atoms with Crippen LogP contribution in [0.15, 0.2) is 36.4 Å². The van der Waals surface area contributed by atoms with Crippen molar-refractivity contribution in [2.45, 2.75) is 6.18 Å². The van der Waals surface area contributed by atoms with Crippen LogP contribution in [0.5, 0.6) is 23.0 Å². The second kappa shape index (κ2) is 8.03. The number of carbonyl (C=O) groups is 1. The van der Waals surface area contributed by atoms with E-state index in [9.17, 15) is 23.1 Å². The molecule has 0 aliphatic carbocycles. The number of allylic oxidation sites excluding steroid dienone is 1. The van der Waals surface area contributed by atoms with Gasteiger partial charge >= 0.3 is 6.18 Å². The molecule has 0 saturated heterocycles. The molecular weight excluding hydrogens is 365 g/mol. The highest BCUT2D eigenvalue weighted by Crippen LogP contribution is 2.45. The van der Waals surface area contributed by atoms with Crippen LogP contribution in [0.25, 0.3) is 6.08 Å². The maximum Gasteiger partial charge on any atom is 0.416 e. The Balaban J connectivity index is 2.50. The standard InChI is InChI=1S/C19H17F3O5/c1-25-15-10-14(24)16(18(27-3)17(15)26-2)13(23)9-8-11-6-4-5-7-12(11)19(20,21)22/h4-10,24H,1-3H3/b9-8+.